The lowest BCUT2D eigenvalue weighted by Gasteiger charge is -2.26. The van der Waals surface area contributed by atoms with Gasteiger partial charge in [0.1, 0.15) is 12.4 Å². The van der Waals surface area contributed by atoms with E-state index in [0.717, 1.165) is 29.7 Å². The van der Waals surface area contributed by atoms with Crippen LogP contribution in [0.4, 0.5) is 0 Å². The Hall–Kier alpha value is -1.85. The number of rotatable bonds is 6. The Kier molecular flexibility index (Phi) is 5.76. The van der Waals surface area contributed by atoms with Crippen molar-refractivity contribution >= 4 is 9.84 Å². The zero-order valence-corrected chi connectivity index (χ0v) is 15.3. The maximum Gasteiger partial charge on any atom is 0.151 e. The summed E-state index contributed by atoms with van der Waals surface area (Å²) in [6, 6.07) is 18.2. The molecule has 3 rings (SSSR count). The molecule has 0 aromatic heterocycles. The first-order valence-corrected chi connectivity index (χ1v) is 10.6. The predicted octanol–water partition coefficient (Wildman–Crippen LogP) is 3.49. The molecule has 2 atom stereocenters. The van der Waals surface area contributed by atoms with Gasteiger partial charge in [-0.3, -0.25) is 0 Å². The van der Waals surface area contributed by atoms with Gasteiger partial charge in [0, 0.05) is 12.1 Å². The molecule has 2 aromatic carbocycles. The number of sulfone groups is 1. The molecule has 1 saturated heterocycles. The van der Waals surface area contributed by atoms with Crippen molar-refractivity contribution in [3.8, 4) is 5.75 Å². The van der Waals surface area contributed by atoms with Gasteiger partial charge in [0.25, 0.3) is 0 Å². The molecule has 0 spiro atoms. The molecule has 1 N–H and O–H groups in total. The molecule has 134 valence electrons. The first kappa shape index (κ1) is 18.0. The van der Waals surface area contributed by atoms with E-state index in [2.05, 4.69) is 12.2 Å². The Morgan fingerprint density at radius 1 is 1.12 bits per heavy atom. The minimum atomic E-state index is -2.88. The molecule has 0 amide bonds. The molecule has 1 heterocycles. The number of hydrogen-bond acceptors (Lipinski definition) is 4. The fraction of sp³-hybridized carbons (Fsp3) is 0.400. The van der Waals surface area contributed by atoms with Gasteiger partial charge in [-0.05, 0) is 43.0 Å². The summed E-state index contributed by atoms with van der Waals surface area (Å²) in [5.74, 6) is 1.41. The van der Waals surface area contributed by atoms with Gasteiger partial charge in [-0.1, -0.05) is 42.5 Å². The Labute approximate surface area is 150 Å². The van der Waals surface area contributed by atoms with Crippen LogP contribution in [-0.4, -0.2) is 26.0 Å². The molecular weight excluding hydrogens is 334 g/mol. The van der Waals surface area contributed by atoms with Crippen molar-refractivity contribution in [1.29, 1.82) is 0 Å². The largest absolute Gasteiger partial charge is 0.489 e. The number of benzene rings is 2. The van der Waals surface area contributed by atoms with Crippen LogP contribution in [0.5, 0.6) is 5.75 Å². The number of hydrogen-bond donors (Lipinski definition) is 1. The highest BCUT2D eigenvalue weighted by Gasteiger charge is 2.25. The van der Waals surface area contributed by atoms with E-state index in [9.17, 15) is 8.42 Å². The fourth-order valence-corrected chi connectivity index (χ4v) is 4.85. The van der Waals surface area contributed by atoms with E-state index in [4.69, 9.17) is 4.74 Å². The first-order valence-electron chi connectivity index (χ1n) is 8.75. The summed E-state index contributed by atoms with van der Waals surface area (Å²) < 4.78 is 29.3. The third-order valence-corrected chi connectivity index (χ3v) is 6.40. The van der Waals surface area contributed by atoms with Gasteiger partial charge < -0.3 is 10.1 Å². The second-order valence-electron chi connectivity index (χ2n) is 6.69. The molecule has 0 bridgehead atoms. The summed E-state index contributed by atoms with van der Waals surface area (Å²) in [5, 5.41) is 3.45. The van der Waals surface area contributed by atoms with Crippen molar-refractivity contribution in [3.63, 3.8) is 0 Å². The molecule has 0 radical (unpaired) electrons. The van der Waals surface area contributed by atoms with E-state index in [1.54, 1.807) is 0 Å². The molecule has 0 saturated carbocycles. The van der Waals surface area contributed by atoms with Crippen molar-refractivity contribution in [1.82, 2.24) is 5.32 Å². The summed E-state index contributed by atoms with van der Waals surface area (Å²) in [4.78, 5) is 0. The molecule has 1 aliphatic heterocycles. The Bertz CT molecular complexity index is 772. The molecule has 1 aliphatic rings. The van der Waals surface area contributed by atoms with Crippen molar-refractivity contribution in [3.05, 3.63) is 65.7 Å². The van der Waals surface area contributed by atoms with Crippen LogP contribution in [0.25, 0.3) is 0 Å². The van der Waals surface area contributed by atoms with Crippen molar-refractivity contribution in [2.24, 2.45) is 0 Å². The average Bonchev–Trinajstić information content (AvgIpc) is 2.60. The predicted molar refractivity (Wildman–Crippen MR) is 100 cm³/mol. The summed E-state index contributed by atoms with van der Waals surface area (Å²) >= 11 is 0. The van der Waals surface area contributed by atoms with Crippen LogP contribution in [0.2, 0.25) is 0 Å². The van der Waals surface area contributed by atoms with E-state index >= 15 is 0 Å². The van der Waals surface area contributed by atoms with Crippen molar-refractivity contribution < 1.29 is 13.2 Å². The van der Waals surface area contributed by atoms with E-state index in [1.807, 2.05) is 54.6 Å². The maximum atomic E-state index is 11.8. The average molecular weight is 359 g/mol. The highest BCUT2D eigenvalue weighted by Crippen LogP contribution is 2.21. The van der Waals surface area contributed by atoms with E-state index in [1.165, 1.54) is 0 Å². The molecule has 0 aliphatic carbocycles. The van der Waals surface area contributed by atoms with E-state index < -0.39 is 9.84 Å². The van der Waals surface area contributed by atoms with Crippen LogP contribution in [0.15, 0.2) is 54.6 Å². The Morgan fingerprint density at radius 3 is 2.52 bits per heavy atom. The topological polar surface area (TPSA) is 55.4 Å². The standard InChI is InChI=1S/C20H25NO3S/c1-16(21-19-8-5-13-25(22,23)15-19)18-9-11-20(12-10-18)24-14-17-6-3-2-4-7-17/h2-4,6-7,9-12,16,19,21H,5,8,13-15H2,1H3. The number of nitrogens with one attached hydrogen (secondary N) is 1. The van der Waals surface area contributed by atoms with Gasteiger partial charge >= 0.3 is 0 Å². The van der Waals surface area contributed by atoms with Crippen LogP contribution in [0.3, 0.4) is 0 Å². The second kappa shape index (κ2) is 8.02. The van der Waals surface area contributed by atoms with Crippen molar-refractivity contribution in [2.75, 3.05) is 11.5 Å². The highest BCUT2D eigenvalue weighted by molar-refractivity contribution is 7.91. The summed E-state index contributed by atoms with van der Waals surface area (Å²) in [5.41, 5.74) is 2.27. The minimum Gasteiger partial charge on any atom is -0.489 e. The Balaban J connectivity index is 1.54. The van der Waals surface area contributed by atoms with Gasteiger partial charge in [-0.2, -0.15) is 0 Å². The van der Waals surface area contributed by atoms with Gasteiger partial charge in [0.15, 0.2) is 9.84 Å². The third kappa shape index (κ3) is 5.31. The number of ether oxygens (including phenoxy) is 1. The minimum absolute atomic E-state index is 0.0442. The second-order valence-corrected chi connectivity index (χ2v) is 8.91. The van der Waals surface area contributed by atoms with Crippen LogP contribution in [-0.2, 0) is 16.4 Å². The van der Waals surface area contributed by atoms with Crippen LogP contribution in [0, 0.1) is 0 Å². The van der Waals surface area contributed by atoms with Crippen LogP contribution >= 0.6 is 0 Å². The normalized spacial score (nSPS) is 20.8. The quantitative estimate of drug-likeness (QED) is 0.858. The van der Waals surface area contributed by atoms with Crippen LogP contribution < -0.4 is 10.1 Å². The fourth-order valence-electron chi connectivity index (χ4n) is 3.20. The molecule has 25 heavy (non-hydrogen) atoms. The zero-order valence-electron chi connectivity index (χ0n) is 14.5. The van der Waals surface area contributed by atoms with E-state index in [0.29, 0.717) is 12.4 Å². The van der Waals surface area contributed by atoms with E-state index in [-0.39, 0.29) is 17.8 Å². The first-order chi connectivity index (χ1) is 12.0. The smallest absolute Gasteiger partial charge is 0.151 e. The van der Waals surface area contributed by atoms with Crippen LogP contribution in [0.1, 0.15) is 36.9 Å². The van der Waals surface area contributed by atoms with Crippen molar-refractivity contribution in [2.45, 2.75) is 38.5 Å². The summed E-state index contributed by atoms with van der Waals surface area (Å²) in [6.45, 7) is 2.62. The van der Waals surface area contributed by atoms with Gasteiger partial charge in [0.05, 0.1) is 11.5 Å². The zero-order chi connectivity index (χ0) is 17.7. The molecule has 4 nitrogen and oxygen atoms in total. The van der Waals surface area contributed by atoms with Gasteiger partial charge in [-0.15, -0.1) is 0 Å². The van der Waals surface area contributed by atoms with Gasteiger partial charge in [0.2, 0.25) is 0 Å². The molecule has 2 aromatic rings. The molecule has 2 unspecified atom stereocenters. The molecule has 5 heteroatoms. The molecular formula is C20H25NO3S. The third-order valence-electron chi connectivity index (χ3n) is 4.58. The molecule has 1 fully saturated rings. The lowest BCUT2D eigenvalue weighted by Crippen LogP contribution is -2.41. The maximum absolute atomic E-state index is 11.8. The SMILES string of the molecule is CC(NC1CCCS(=O)(=O)C1)c1ccc(OCc2ccccc2)cc1. The monoisotopic (exact) mass is 359 g/mol. The highest BCUT2D eigenvalue weighted by atomic mass is 32.2. The Morgan fingerprint density at radius 2 is 1.84 bits per heavy atom. The summed E-state index contributed by atoms with van der Waals surface area (Å²) in [6.07, 6.45) is 1.67. The lowest BCUT2D eigenvalue weighted by molar-refractivity contribution is 0.306. The lowest BCUT2D eigenvalue weighted by atomic mass is 10.1. The summed E-state index contributed by atoms with van der Waals surface area (Å²) in [7, 11) is -2.88. The van der Waals surface area contributed by atoms with Gasteiger partial charge in [-0.25, -0.2) is 8.42 Å².